The first kappa shape index (κ1) is 22.8. The van der Waals surface area contributed by atoms with Crippen LogP contribution in [0.4, 0.5) is 4.79 Å². The number of carbonyl (C=O) groups is 1. The molecule has 27 heavy (non-hydrogen) atoms. The monoisotopic (exact) mass is 380 g/mol. The molecule has 0 aliphatic carbocycles. The summed E-state index contributed by atoms with van der Waals surface area (Å²) in [6, 6.07) is 0. The van der Waals surface area contributed by atoms with Gasteiger partial charge in [0.2, 0.25) is 0 Å². The van der Waals surface area contributed by atoms with Crippen LogP contribution in [0.15, 0.2) is 4.99 Å². The van der Waals surface area contributed by atoms with Crippen molar-refractivity contribution in [3.05, 3.63) is 17.0 Å². The number of hydrogen-bond donors (Lipinski definition) is 2. The Bertz CT molecular complexity index is 645. The highest BCUT2D eigenvalue weighted by atomic mass is 16.6. The molecular formula is C19H36N6O2. The van der Waals surface area contributed by atoms with Crippen molar-refractivity contribution in [3.8, 4) is 0 Å². The quantitative estimate of drug-likeness (QED) is 0.560. The molecule has 8 heteroatoms. The number of nitrogens with one attached hydrogen (secondary N) is 2. The number of aromatic nitrogens is 2. The Balaban J connectivity index is 2.65. The van der Waals surface area contributed by atoms with E-state index in [0.29, 0.717) is 26.2 Å². The van der Waals surface area contributed by atoms with E-state index >= 15 is 0 Å². The number of aryl methyl sites for hydroxylation is 2. The van der Waals surface area contributed by atoms with Crippen LogP contribution >= 0.6 is 0 Å². The second kappa shape index (κ2) is 10.2. The van der Waals surface area contributed by atoms with Gasteiger partial charge in [-0.15, -0.1) is 0 Å². The fourth-order valence-electron chi connectivity index (χ4n) is 2.56. The fourth-order valence-corrected chi connectivity index (χ4v) is 2.56. The average molecular weight is 381 g/mol. The van der Waals surface area contributed by atoms with Crippen LogP contribution in [0.2, 0.25) is 0 Å². The highest BCUT2D eigenvalue weighted by Crippen LogP contribution is 2.13. The number of rotatable bonds is 7. The molecule has 0 atom stereocenters. The second-order valence-electron chi connectivity index (χ2n) is 7.45. The van der Waals surface area contributed by atoms with Crippen LogP contribution in [0.1, 0.15) is 51.6 Å². The van der Waals surface area contributed by atoms with E-state index < -0.39 is 5.60 Å². The average Bonchev–Trinajstić information content (AvgIpc) is 2.80. The smallest absolute Gasteiger partial charge is 0.410 e. The number of hydrogen-bond acceptors (Lipinski definition) is 4. The molecule has 154 valence electrons. The highest BCUT2D eigenvalue weighted by molar-refractivity contribution is 5.79. The molecule has 0 saturated carbocycles. The van der Waals surface area contributed by atoms with E-state index in [1.54, 1.807) is 4.90 Å². The summed E-state index contributed by atoms with van der Waals surface area (Å²) in [5.74, 6) is 0.723. The maximum Gasteiger partial charge on any atom is 0.410 e. The second-order valence-corrected chi connectivity index (χ2v) is 7.45. The predicted molar refractivity (Wildman–Crippen MR) is 109 cm³/mol. The molecule has 0 unspecified atom stereocenters. The van der Waals surface area contributed by atoms with E-state index in [0.717, 1.165) is 29.5 Å². The molecule has 0 aliphatic heterocycles. The zero-order chi connectivity index (χ0) is 20.6. The van der Waals surface area contributed by atoms with Crippen LogP contribution in [-0.2, 0) is 18.3 Å². The number of aliphatic imine (C=N–C) groups is 1. The van der Waals surface area contributed by atoms with Crippen LogP contribution in [-0.4, -0.2) is 58.5 Å². The minimum absolute atomic E-state index is 0.296. The van der Waals surface area contributed by atoms with Gasteiger partial charge in [-0.05, 0) is 48.5 Å². The first-order chi connectivity index (χ1) is 12.6. The fraction of sp³-hybridized carbons (Fsp3) is 0.737. The molecule has 1 rings (SSSR count). The van der Waals surface area contributed by atoms with Crippen molar-refractivity contribution in [3.63, 3.8) is 0 Å². The lowest BCUT2D eigenvalue weighted by atomic mass is 10.2. The number of amides is 1. The van der Waals surface area contributed by atoms with Crippen LogP contribution < -0.4 is 10.6 Å². The third kappa shape index (κ3) is 7.48. The summed E-state index contributed by atoms with van der Waals surface area (Å²) < 4.78 is 7.31. The first-order valence-electron chi connectivity index (χ1n) is 9.58. The predicted octanol–water partition coefficient (Wildman–Crippen LogP) is 2.35. The van der Waals surface area contributed by atoms with Crippen molar-refractivity contribution in [1.82, 2.24) is 25.3 Å². The van der Waals surface area contributed by atoms with E-state index in [1.807, 2.05) is 60.2 Å². The lowest BCUT2D eigenvalue weighted by Gasteiger charge is -2.26. The summed E-state index contributed by atoms with van der Waals surface area (Å²) in [6.45, 7) is 16.7. The topological polar surface area (TPSA) is 83.8 Å². The van der Waals surface area contributed by atoms with Gasteiger partial charge in [0.1, 0.15) is 5.60 Å². The molecule has 1 aromatic heterocycles. The maximum absolute atomic E-state index is 12.2. The third-order valence-electron chi connectivity index (χ3n) is 4.11. The normalized spacial score (nSPS) is 12.1. The summed E-state index contributed by atoms with van der Waals surface area (Å²) >= 11 is 0. The zero-order valence-corrected chi connectivity index (χ0v) is 18.1. The summed E-state index contributed by atoms with van der Waals surface area (Å²) in [6.07, 6.45) is -0.296. The van der Waals surface area contributed by atoms with E-state index in [9.17, 15) is 4.79 Å². The summed E-state index contributed by atoms with van der Waals surface area (Å²) in [7, 11) is 1.94. The molecule has 8 nitrogen and oxygen atoms in total. The number of ether oxygens (including phenoxy) is 1. The van der Waals surface area contributed by atoms with Crippen molar-refractivity contribution in [1.29, 1.82) is 0 Å². The van der Waals surface area contributed by atoms with Crippen LogP contribution in [0, 0.1) is 13.8 Å². The molecular weight excluding hydrogens is 344 g/mol. The number of likely N-dealkylation sites (N-methyl/N-ethyl adjacent to an activating group) is 1. The van der Waals surface area contributed by atoms with Crippen molar-refractivity contribution in [2.24, 2.45) is 12.0 Å². The van der Waals surface area contributed by atoms with E-state index in [2.05, 4.69) is 20.7 Å². The van der Waals surface area contributed by atoms with Gasteiger partial charge in [-0.3, -0.25) is 4.68 Å². The van der Waals surface area contributed by atoms with Gasteiger partial charge >= 0.3 is 6.09 Å². The lowest BCUT2D eigenvalue weighted by Crippen LogP contribution is -2.44. The molecule has 2 N–H and O–H groups in total. The highest BCUT2D eigenvalue weighted by Gasteiger charge is 2.20. The molecule has 1 heterocycles. The van der Waals surface area contributed by atoms with E-state index in [-0.39, 0.29) is 6.09 Å². The van der Waals surface area contributed by atoms with Crippen molar-refractivity contribution < 1.29 is 9.53 Å². The van der Waals surface area contributed by atoms with Crippen molar-refractivity contribution >= 4 is 12.1 Å². The summed E-state index contributed by atoms with van der Waals surface area (Å²) in [4.78, 5) is 18.5. The van der Waals surface area contributed by atoms with Gasteiger partial charge in [-0.2, -0.15) is 5.10 Å². The third-order valence-corrected chi connectivity index (χ3v) is 4.11. The van der Waals surface area contributed by atoms with Gasteiger partial charge in [0.25, 0.3) is 0 Å². The van der Waals surface area contributed by atoms with Gasteiger partial charge in [-0.25, -0.2) is 9.79 Å². The largest absolute Gasteiger partial charge is 0.444 e. The summed E-state index contributed by atoms with van der Waals surface area (Å²) in [5, 5.41) is 10.9. The number of carbonyl (C=O) groups excluding carboxylic acids is 1. The van der Waals surface area contributed by atoms with Crippen LogP contribution in [0.5, 0.6) is 0 Å². The van der Waals surface area contributed by atoms with Crippen LogP contribution in [0.25, 0.3) is 0 Å². The first-order valence-corrected chi connectivity index (χ1v) is 9.58. The summed E-state index contributed by atoms with van der Waals surface area (Å²) in [5.41, 5.74) is 2.76. The Kier molecular flexibility index (Phi) is 8.59. The molecule has 0 spiro atoms. The Hall–Kier alpha value is -2.25. The van der Waals surface area contributed by atoms with E-state index in [4.69, 9.17) is 4.74 Å². The molecule has 0 aromatic carbocycles. The zero-order valence-electron chi connectivity index (χ0n) is 18.1. The van der Waals surface area contributed by atoms with Gasteiger partial charge in [0.15, 0.2) is 5.96 Å². The molecule has 0 saturated heterocycles. The molecule has 0 bridgehead atoms. The molecule has 1 amide bonds. The molecule has 0 radical (unpaired) electrons. The molecule has 0 aliphatic rings. The Morgan fingerprint density at radius 1 is 1.26 bits per heavy atom. The number of nitrogens with zero attached hydrogens (tertiary/aromatic N) is 4. The lowest BCUT2D eigenvalue weighted by molar-refractivity contribution is 0.0264. The minimum Gasteiger partial charge on any atom is -0.444 e. The Morgan fingerprint density at radius 3 is 2.41 bits per heavy atom. The Morgan fingerprint density at radius 2 is 1.93 bits per heavy atom. The van der Waals surface area contributed by atoms with E-state index in [1.165, 1.54) is 0 Å². The SMILES string of the molecule is CCNC(=NCc1c(C)nn(C)c1C)NCCN(CC)C(=O)OC(C)(C)C. The van der Waals surface area contributed by atoms with Gasteiger partial charge in [-0.1, -0.05) is 0 Å². The minimum atomic E-state index is -0.492. The number of guanidine groups is 1. The van der Waals surface area contributed by atoms with Gasteiger partial charge in [0.05, 0.1) is 12.2 Å². The van der Waals surface area contributed by atoms with Crippen molar-refractivity contribution in [2.75, 3.05) is 26.2 Å². The molecule has 0 fully saturated rings. The maximum atomic E-state index is 12.2. The van der Waals surface area contributed by atoms with Gasteiger partial charge in [0, 0.05) is 44.5 Å². The molecule has 1 aromatic rings. The van der Waals surface area contributed by atoms with Crippen LogP contribution in [0.3, 0.4) is 0 Å². The van der Waals surface area contributed by atoms with Gasteiger partial charge < -0.3 is 20.3 Å². The standard InChI is InChI=1S/C19H36N6O2/c1-9-20-17(22-13-16-14(3)23-24(8)15(16)4)21-11-12-25(10-2)18(26)27-19(5,6)7/h9-13H2,1-8H3,(H2,20,21,22). The Labute approximate surface area is 163 Å². The van der Waals surface area contributed by atoms with Crippen molar-refractivity contribution in [2.45, 2.75) is 60.6 Å².